The molecule has 0 heterocycles. The van der Waals surface area contributed by atoms with E-state index < -0.39 is 0 Å². The Bertz CT molecular complexity index is 751. The second-order valence-electron chi connectivity index (χ2n) is 6.13. The Morgan fingerprint density at radius 3 is 2.60 bits per heavy atom. The van der Waals surface area contributed by atoms with E-state index in [4.69, 9.17) is 4.74 Å². The Morgan fingerprint density at radius 1 is 1.20 bits per heavy atom. The molecule has 4 heteroatoms. The van der Waals surface area contributed by atoms with Crippen LogP contribution in [0.1, 0.15) is 30.9 Å². The summed E-state index contributed by atoms with van der Waals surface area (Å²) in [5.41, 5.74) is 1.82. The highest BCUT2D eigenvalue weighted by atomic mass is 19.1. The highest BCUT2D eigenvalue weighted by molar-refractivity contribution is 5.92. The van der Waals surface area contributed by atoms with Crippen LogP contribution >= 0.6 is 0 Å². The zero-order valence-electron chi connectivity index (χ0n) is 14.3. The van der Waals surface area contributed by atoms with Crippen molar-refractivity contribution in [1.82, 2.24) is 4.90 Å². The largest absolute Gasteiger partial charge is 0.493 e. The number of rotatable bonds is 7. The number of nitrogens with zero attached hydrogens (tertiary/aromatic N) is 1. The van der Waals surface area contributed by atoms with Gasteiger partial charge >= 0.3 is 0 Å². The van der Waals surface area contributed by atoms with Crippen molar-refractivity contribution in [2.45, 2.75) is 32.4 Å². The van der Waals surface area contributed by atoms with Gasteiger partial charge < -0.3 is 9.64 Å². The molecule has 3 rings (SSSR count). The van der Waals surface area contributed by atoms with Gasteiger partial charge in [0.15, 0.2) is 0 Å². The lowest BCUT2D eigenvalue weighted by molar-refractivity contribution is -0.127. The van der Waals surface area contributed by atoms with Gasteiger partial charge in [0, 0.05) is 24.2 Å². The highest BCUT2D eigenvalue weighted by Crippen LogP contribution is 2.29. The number of halogens is 1. The number of para-hydroxylation sites is 1. The van der Waals surface area contributed by atoms with Crippen LogP contribution in [-0.2, 0) is 11.3 Å². The molecule has 0 saturated heterocycles. The topological polar surface area (TPSA) is 29.5 Å². The minimum absolute atomic E-state index is 0.0295. The molecule has 2 aromatic carbocycles. The van der Waals surface area contributed by atoms with Crippen LogP contribution in [0, 0.1) is 5.82 Å². The fourth-order valence-electron chi connectivity index (χ4n) is 2.72. The molecule has 1 aliphatic rings. The molecule has 0 radical (unpaired) electrons. The third kappa shape index (κ3) is 4.69. The van der Waals surface area contributed by atoms with Crippen molar-refractivity contribution in [3.8, 4) is 5.75 Å². The summed E-state index contributed by atoms with van der Waals surface area (Å²) < 4.78 is 18.6. The molecule has 0 aromatic heterocycles. The maximum absolute atomic E-state index is 13.1. The van der Waals surface area contributed by atoms with Crippen molar-refractivity contribution in [2.75, 3.05) is 6.61 Å². The summed E-state index contributed by atoms with van der Waals surface area (Å²) in [6, 6.07) is 14.3. The summed E-state index contributed by atoms with van der Waals surface area (Å²) in [4.78, 5) is 14.5. The van der Waals surface area contributed by atoms with Crippen LogP contribution in [0.3, 0.4) is 0 Å². The van der Waals surface area contributed by atoms with Gasteiger partial charge in [0.1, 0.15) is 11.6 Å². The first kappa shape index (κ1) is 17.2. The van der Waals surface area contributed by atoms with E-state index in [2.05, 4.69) is 0 Å². The van der Waals surface area contributed by atoms with Gasteiger partial charge in [-0.1, -0.05) is 30.3 Å². The van der Waals surface area contributed by atoms with Crippen LogP contribution in [-0.4, -0.2) is 23.5 Å². The minimum atomic E-state index is -0.263. The Balaban J connectivity index is 1.72. The molecule has 1 amide bonds. The number of hydrogen-bond donors (Lipinski definition) is 0. The third-order valence-corrected chi connectivity index (χ3v) is 4.16. The lowest BCUT2D eigenvalue weighted by Crippen LogP contribution is -2.31. The maximum Gasteiger partial charge on any atom is 0.247 e. The van der Waals surface area contributed by atoms with Crippen LogP contribution in [0.2, 0.25) is 0 Å². The van der Waals surface area contributed by atoms with Crippen LogP contribution in [0.15, 0.2) is 54.6 Å². The van der Waals surface area contributed by atoms with Gasteiger partial charge in [0.2, 0.25) is 5.91 Å². The lowest BCUT2D eigenvalue weighted by Gasteiger charge is -2.21. The van der Waals surface area contributed by atoms with Crippen molar-refractivity contribution in [3.05, 3.63) is 71.6 Å². The van der Waals surface area contributed by atoms with E-state index in [-0.39, 0.29) is 17.8 Å². The standard InChI is InChI=1S/C21H22FNO2/c1-2-25-20-6-4-3-5-17(20)9-14-21(24)23(19-12-13-19)15-16-7-10-18(22)11-8-16/h3-11,14,19H,2,12-13,15H2,1H3/b14-9+. The van der Waals surface area contributed by atoms with Crippen LogP contribution in [0.5, 0.6) is 5.75 Å². The van der Waals surface area contributed by atoms with Crippen molar-refractivity contribution in [3.63, 3.8) is 0 Å². The molecule has 25 heavy (non-hydrogen) atoms. The van der Waals surface area contributed by atoms with Gasteiger partial charge in [-0.15, -0.1) is 0 Å². The molecule has 1 fully saturated rings. The van der Waals surface area contributed by atoms with Crippen LogP contribution in [0.4, 0.5) is 4.39 Å². The molecular weight excluding hydrogens is 317 g/mol. The van der Waals surface area contributed by atoms with Gasteiger partial charge in [0.25, 0.3) is 0 Å². The fraction of sp³-hybridized carbons (Fsp3) is 0.286. The van der Waals surface area contributed by atoms with Crippen molar-refractivity contribution in [1.29, 1.82) is 0 Å². The summed E-state index contributed by atoms with van der Waals surface area (Å²) in [5.74, 6) is 0.476. The number of ether oxygens (including phenoxy) is 1. The summed E-state index contributed by atoms with van der Waals surface area (Å²) in [7, 11) is 0. The second-order valence-corrected chi connectivity index (χ2v) is 6.13. The maximum atomic E-state index is 13.1. The number of benzene rings is 2. The molecule has 130 valence electrons. The van der Waals surface area contributed by atoms with E-state index in [1.807, 2.05) is 36.1 Å². The predicted octanol–water partition coefficient (Wildman–Crippen LogP) is 4.43. The second kappa shape index (κ2) is 7.97. The van der Waals surface area contributed by atoms with E-state index in [0.717, 1.165) is 29.7 Å². The van der Waals surface area contributed by atoms with E-state index in [0.29, 0.717) is 13.2 Å². The molecule has 1 aliphatic carbocycles. The van der Waals surface area contributed by atoms with E-state index in [1.54, 1.807) is 24.3 Å². The molecule has 0 aliphatic heterocycles. The molecule has 1 saturated carbocycles. The van der Waals surface area contributed by atoms with Crippen molar-refractivity contribution in [2.24, 2.45) is 0 Å². The Hall–Kier alpha value is -2.62. The lowest BCUT2D eigenvalue weighted by atomic mass is 10.1. The summed E-state index contributed by atoms with van der Waals surface area (Å²) in [5, 5.41) is 0. The summed E-state index contributed by atoms with van der Waals surface area (Å²) in [6.45, 7) is 3.02. The van der Waals surface area contributed by atoms with Gasteiger partial charge in [-0.25, -0.2) is 4.39 Å². The predicted molar refractivity (Wildman–Crippen MR) is 96.6 cm³/mol. The molecular formula is C21H22FNO2. The van der Waals surface area contributed by atoms with Gasteiger partial charge in [-0.3, -0.25) is 4.79 Å². The molecule has 0 atom stereocenters. The molecule has 0 bridgehead atoms. The Kier molecular flexibility index (Phi) is 5.49. The summed E-state index contributed by atoms with van der Waals surface area (Å²) >= 11 is 0. The van der Waals surface area contributed by atoms with Crippen LogP contribution < -0.4 is 4.74 Å². The normalized spacial score (nSPS) is 13.8. The number of carbonyl (C=O) groups is 1. The summed E-state index contributed by atoms with van der Waals surface area (Å²) in [6.07, 6.45) is 5.44. The van der Waals surface area contributed by atoms with Gasteiger partial charge in [0.05, 0.1) is 6.61 Å². The number of amides is 1. The minimum Gasteiger partial charge on any atom is -0.493 e. The van der Waals surface area contributed by atoms with Gasteiger partial charge in [-0.2, -0.15) is 0 Å². The Labute approximate surface area is 147 Å². The first-order valence-corrected chi connectivity index (χ1v) is 8.62. The highest BCUT2D eigenvalue weighted by Gasteiger charge is 2.31. The molecule has 3 nitrogen and oxygen atoms in total. The van der Waals surface area contributed by atoms with E-state index >= 15 is 0 Å². The molecule has 2 aromatic rings. The fourth-order valence-corrected chi connectivity index (χ4v) is 2.72. The first-order chi connectivity index (χ1) is 12.2. The zero-order chi connectivity index (χ0) is 17.6. The molecule has 0 N–H and O–H groups in total. The number of hydrogen-bond acceptors (Lipinski definition) is 2. The van der Waals surface area contributed by atoms with E-state index in [1.165, 1.54) is 12.1 Å². The van der Waals surface area contributed by atoms with E-state index in [9.17, 15) is 9.18 Å². The Morgan fingerprint density at radius 2 is 1.92 bits per heavy atom. The van der Waals surface area contributed by atoms with Gasteiger partial charge in [-0.05, 0) is 49.6 Å². The molecule has 0 spiro atoms. The third-order valence-electron chi connectivity index (χ3n) is 4.16. The smallest absolute Gasteiger partial charge is 0.247 e. The average Bonchev–Trinajstić information content (AvgIpc) is 3.45. The molecule has 0 unspecified atom stereocenters. The monoisotopic (exact) mass is 339 g/mol. The van der Waals surface area contributed by atoms with Crippen molar-refractivity contribution < 1.29 is 13.9 Å². The zero-order valence-corrected chi connectivity index (χ0v) is 14.3. The SMILES string of the molecule is CCOc1ccccc1/C=C/C(=O)N(Cc1ccc(F)cc1)C1CC1. The quantitative estimate of drug-likeness (QED) is 0.699. The average molecular weight is 339 g/mol. The van der Waals surface area contributed by atoms with Crippen molar-refractivity contribution >= 4 is 12.0 Å². The first-order valence-electron chi connectivity index (χ1n) is 8.62. The number of carbonyl (C=O) groups excluding carboxylic acids is 1. The van der Waals surface area contributed by atoms with Crippen LogP contribution in [0.25, 0.3) is 6.08 Å².